The predicted molar refractivity (Wildman–Crippen MR) is 59.3 cm³/mol. The molecule has 1 aromatic carbocycles. The van der Waals surface area contributed by atoms with Crippen molar-refractivity contribution in [1.29, 1.82) is 0 Å². The van der Waals surface area contributed by atoms with Crippen molar-refractivity contribution in [2.24, 2.45) is 0 Å². The Bertz CT molecular complexity index is 336. The van der Waals surface area contributed by atoms with Gasteiger partial charge in [-0.25, -0.2) is 0 Å². The fourth-order valence-electron chi connectivity index (χ4n) is 1.43. The van der Waals surface area contributed by atoms with Crippen molar-refractivity contribution in [2.75, 3.05) is 0 Å². The fourth-order valence-corrected chi connectivity index (χ4v) is 1.43. The van der Waals surface area contributed by atoms with Crippen LogP contribution >= 0.6 is 0 Å². The molecule has 14 heavy (non-hydrogen) atoms. The first-order chi connectivity index (χ1) is 6.66. The van der Waals surface area contributed by atoms with Gasteiger partial charge in [0, 0.05) is 5.92 Å². The molecule has 0 aliphatic carbocycles. The number of hydrogen-bond donors (Lipinski definition) is 0. The summed E-state index contributed by atoms with van der Waals surface area (Å²) in [4.78, 5) is 10.6. The van der Waals surface area contributed by atoms with Crippen molar-refractivity contribution in [3.63, 3.8) is 0 Å². The molecule has 1 unspecified atom stereocenters. The van der Waals surface area contributed by atoms with Crippen LogP contribution in [0, 0.1) is 0 Å². The number of aldehydes is 1. The third kappa shape index (κ3) is 2.32. The van der Waals surface area contributed by atoms with Crippen LogP contribution in [0.1, 0.15) is 32.3 Å². The van der Waals surface area contributed by atoms with Crippen molar-refractivity contribution in [2.45, 2.75) is 26.7 Å². The van der Waals surface area contributed by atoms with Crippen molar-refractivity contribution < 1.29 is 4.79 Å². The molecule has 0 aromatic heterocycles. The maximum atomic E-state index is 10.6. The number of carbonyl (C=O) groups is 1. The molecule has 0 heterocycles. The van der Waals surface area contributed by atoms with Gasteiger partial charge < -0.3 is 0 Å². The van der Waals surface area contributed by atoms with Crippen LogP contribution in [0.4, 0.5) is 0 Å². The van der Waals surface area contributed by atoms with Gasteiger partial charge in [0.25, 0.3) is 0 Å². The van der Waals surface area contributed by atoms with Gasteiger partial charge in [-0.2, -0.15) is 0 Å². The van der Waals surface area contributed by atoms with Gasteiger partial charge in [0.2, 0.25) is 0 Å². The Morgan fingerprint density at radius 1 is 1.21 bits per heavy atom. The van der Waals surface area contributed by atoms with E-state index in [0.29, 0.717) is 5.92 Å². The van der Waals surface area contributed by atoms with Crippen molar-refractivity contribution in [1.82, 2.24) is 0 Å². The second-order valence-electron chi connectivity index (χ2n) is 3.62. The Hall–Kier alpha value is -1.37. The van der Waals surface area contributed by atoms with Gasteiger partial charge in [-0.1, -0.05) is 42.8 Å². The number of rotatable bonds is 3. The lowest BCUT2D eigenvalue weighted by Crippen LogP contribution is -1.98. The molecular weight excluding hydrogens is 172 g/mol. The van der Waals surface area contributed by atoms with Crippen LogP contribution in [-0.2, 0) is 4.79 Å². The van der Waals surface area contributed by atoms with Crippen LogP contribution in [-0.4, -0.2) is 6.29 Å². The smallest absolute Gasteiger partial charge is 0.145 e. The number of hydrogen-bond acceptors (Lipinski definition) is 1. The van der Waals surface area contributed by atoms with Crippen molar-refractivity contribution in [3.05, 3.63) is 47.0 Å². The highest BCUT2D eigenvalue weighted by Gasteiger charge is 2.08. The van der Waals surface area contributed by atoms with Crippen LogP contribution in [0.3, 0.4) is 0 Å². The van der Waals surface area contributed by atoms with Crippen LogP contribution in [0.25, 0.3) is 0 Å². The monoisotopic (exact) mass is 188 g/mol. The van der Waals surface area contributed by atoms with E-state index < -0.39 is 0 Å². The molecule has 1 nitrogen and oxygen atoms in total. The molecular formula is C13H16O. The first kappa shape index (κ1) is 10.7. The summed E-state index contributed by atoms with van der Waals surface area (Å²) >= 11 is 0. The van der Waals surface area contributed by atoms with E-state index in [1.807, 2.05) is 32.0 Å². The van der Waals surface area contributed by atoms with Gasteiger partial charge in [-0.05, 0) is 25.0 Å². The van der Waals surface area contributed by atoms with E-state index in [2.05, 4.69) is 19.1 Å². The van der Waals surface area contributed by atoms with Gasteiger partial charge in [0.1, 0.15) is 6.29 Å². The Balaban J connectivity index is 2.97. The Morgan fingerprint density at radius 2 is 1.79 bits per heavy atom. The lowest BCUT2D eigenvalue weighted by Gasteiger charge is -2.13. The number of allylic oxidation sites excluding steroid dienone is 2. The van der Waals surface area contributed by atoms with Gasteiger partial charge in [0.15, 0.2) is 0 Å². The van der Waals surface area contributed by atoms with E-state index in [0.717, 1.165) is 17.4 Å². The summed E-state index contributed by atoms with van der Waals surface area (Å²) in [5, 5.41) is 0. The Labute approximate surface area is 85.5 Å². The molecule has 1 heteroatoms. The highest BCUT2D eigenvalue weighted by atomic mass is 16.1. The standard InChI is InChI=1S/C13H16O/c1-10(9-14)11(2)12(3)13-7-5-4-6-8-13/h4-9,12H,1-3H3. The summed E-state index contributed by atoms with van der Waals surface area (Å²) in [6, 6.07) is 10.2. The van der Waals surface area contributed by atoms with Crippen molar-refractivity contribution in [3.8, 4) is 0 Å². The van der Waals surface area contributed by atoms with Gasteiger partial charge in [-0.3, -0.25) is 4.79 Å². The molecule has 0 saturated carbocycles. The van der Waals surface area contributed by atoms with E-state index in [1.165, 1.54) is 5.56 Å². The van der Waals surface area contributed by atoms with Crippen molar-refractivity contribution >= 4 is 6.29 Å². The third-order valence-electron chi connectivity index (χ3n) is 2.75. The second-order valence-corrected chi connectivity index (χ2v) is 3.62. The molecule has 0 saturated heterocycles. The largest absolute Gasteiger partial charge is 0.298 e. The topological polar surface area (TPSA) is 17.1 Å². The molecule has 0 aliphatic heterocycles. The first-order valence-electron chi connectivity index (χ1n) is 4.84. The molecule has 74 valence electrons. The zero-order valence-electron chi connectivity index (χ0n) is 8.95. The third-order valence-corrected chi connectivity index (χ3v) is 2.75. The van der Waals surface area contributed by atoms with Crippen LogP contribution in [0.2, 0.25) is 0 Å². The van der Waals surface area contributed by atoms with Crippen LogP contribution in [0.15, 0.2) is 41.5 Å². The molecule has 0 fully saturated rings. The molecule has 0 spiro atoms. The molecule has 1 atom stereocenters. The van der Waals surface area contributed by atoms with Crippen LogP contribution in [0.5, 0.6) is 0 Å². The van der Waals surface area contributed by atoms with Gasteiger partial charge in [-0.15, -0.1) is 0 Å². The average Bonchev–Trinajstić information content (AvgIpc) is 2.27. The summed E-state index contributed by atoms with van der Waals surface area (Å²) in [5.74, 6) is 0.321. The minimum absolute atomic E-state index is 0.321. The summed E-state index contributed by atoms with van der Waals surface area (Å²) in [6.07, 6.45) is 0.925. The van der Waals surface area contributed by atoms with Gasteiger partial charge in [0.05, 0.1) is 0 Å². The highest BCUT2D eigenvalue weighted by Crippen LogP contribution is 2.24. The highest BCUT2D eigenvalue weighted by molar-refractivity contribution is 5.73. The molecule has 0 amide bonds. The lowest BCUT2D eigenvalue weighted by atomic mass is 9.91. The minimum Gasteiger partial charge on any atom is -0.298 e. The van der Waals surface area contributed by atoms with E-state index >= 15 is 0 Å². The number of benzene rings is 1. The summed E-state index contributed by atoms with van der Waals surface area (Å²) < 4.78 is 0. The van der Waals surface area contributed by atoms with E-state index in [4.69, 9.17) is 0 Å². The molecule has 1 aromatic rings. The zero-order valence-corrected chi connectivity index (χ0v) is 8.95. The van der Waals surface area contributed by atoms with Gasteiger partial charge >= 0.3 is 0 Å². The average molecular weight is 188 g/mol. The summed E-state index contributed by atoms with van der Waals surface area (Å²) in [6.45, 7) is 6.00. The zero-order chi connectivity index (χ0) is 10.6. The number of carbonyl (C=O) groups excluding carboxylic acids is 1. The summed E-state index contributed by atoms with van der Waals surface area (Å²) in [7, 11) is 0. The van der Waals surface area contributed by atoms with E-state index in [9.17, 15) is 4.79 Å². The fraction of sp³-hybridized carbons (Fsp3) is 0.308. The molecule has 0 radical (unpaired) electrons. The maximum absolute atomic E-state index is 10.6. The van der Waals surface area contributed by atoms with Crippen LogP contribution < -0.4 is 0 Å². The Morgan fingerprint density at radius 3 is 2.29 bits per heavy atom. The molecule has 0 aliphatic rings. The predicted octanol–water partition coefficient (Wildman–Crippen LogP) is 3.33. The first-order valence-corrected chi connectivity index (χ1v) is 4.84. The lowest BCUT2D eigenvalue weighted by molar-refractivity contribution is -0.104. The van der Waals surface area contributed by atoms with E-state index in [1.54, 1.807) is 0 Å². The van der Waals surface area contributed by atoms with E-state index in [-0.39, 0.29) is 0 Å². The molecule has 0 bridgehead atoms. The SMILES string of the molecule is CC(C=O)=C(C)C(C)c1ccccc1. The Kier molecular flexibility index (Phi) is 3.63. The minimum atomic E-state index is 0.321. The quantitative estimate of drug-likeness (QED) is 0.525. The normalized spacial score (nSPS) is 14.5. The summed E-state index contributed by atoms with van der Waals surface area (Å²) in [5.41, 5.74) is 3.23. The maximum Gasteiger partial charge on any atom is 0.145 e. The molecule has 0 N–H and O–H groups in total. The molecule has 1 rings (SSSR count). The second kappa shape index (κ2) is 4.75.